The highest BCUT2D eigenvalue weighted by atomic mass is 32.2. The lowest BCUT2D eigenvalue weighted by molar-refractivity contribution is 0.386. The zero-order valence-electron chi connectivity index (χ0n) is 15.5. The smallest absolute Gasteiger partial charge is 0.265 e. The molecule has 0 spiro atoms. The van der Waals surface area contributed by atoms with Gasteiger partial charge in [0.05, 0.1) is 14.2 Å². The van der Waals surface area contributed by atoms with E-state index in [1.165, 1.54) is 26.4 Å². The third-order valence-corrected chi connectivity index (χ3v) is 5.46. The van der Waals surface area contributed by atoms with Crippen LogP contribution in [0, 0.1) is 0 Å². The monoisotopic (exact) mass is 399 g/mol. The van der Waals surface area contributed by atoms with Gasteiger partial charge in [-0.2, -0.15) is 0 Å². The third-order valence-electron chi connectivity index (χ3n) is 4.04. The SMILES string of the molecule is COc1ccc(S(=O)(=O)Nc2ccc(NCc3ccncc3)cc2)c(OC)c1. The normalized spacial score (nSPS) is 10.9. The molecule has 146 valence electrons. The molecule has 7 nitrogen and oxygen atoms in total. The first-order valence-corrected chi connectivity index (χ1v) is 9.98. The van der Waals surface area contributed by atoms with E-state index in [9.17, 15) is 8.42 Å². The van der Waals surface area contributed by atoms with E-state index in [2.05, 4.69) is 15.0 Å². The Labute approximate surface area is 164 Å². The molecule has 2 aromatic carbocycles. The minimum absolute atomic E-state index is 0.0377. The molecule has 0 fully saturated rings. The highest BCUT2D eigenvalue weighted by Crippen LogP contribution is 2.30. The molecule has 28 heavy (non-hydrogen) atoms. The van der Waals surface area contributed by atoms with Gasteiger partial charge in [0.2, 0.25) is 0 Å². The molecule has 0 saturated heterocycles. The van der Waals surface area contributed by atoms with Crippen molar-refractivity contribution < 1.29 is 17.9 Å². The van der Waals surface area contributed by atoms with Crippen molar-refractivity contribution in [2.75, 3.05) is 24.3 Å². The fraction of sp³-hybridized carbons (Fsp3) is 0.150. The van der Waals surface area contributed by atoms with Gasteiger partial charge in [-0.15, -0.1) is 0 Å². The molecular weight excluding hydrogens is 378 g/mol. The number of nitrogens with one attached hydrogen (secondary N) is 2. The van der Waals surface area contributed by atoms with Crippen LogP contribution < -0.4 is 19.5 Å². The summed E-state index contributed by atoms with van der Waals surface area (Å²) in [7, 11) is -0.888. The molecule has 1 aromatic heterocycles. The van der Waals surface area contributed by atoms with Crippen LogP contribution in [0.15, 0.2) is 71.9 Å². The second kappa shape index (κ2) is 8.62. The molecule has 0 atom stereocenters. The Morgan fingerprint density at radius 1 is 0.893 bits per heavy atom. The first kappa shape index (κ1) is 19.5. The van der Waals surface area contributed by atoms with Gasteiger partial charge in [-0.25, -0.2) is 8.42 Å². The summed E-state index contributed by atoms with van der Waals surface area (Å²) in [5.74, 6) is 0.725. The van der Waals surface area contributed by atoms with E-state index < -0.39 is 10.0 Å². The van der Waals surface area contributed by atoms with E-state index in [1.54, 1.807) is 30.6 Å². The number of anilines is 2. The number of pyridine rings is 1. The van der Waals surface area contributed by atoms with Crippen molar-refractivity contribution in [3.8, 4) is 11.5 Å². The molecule has 0 bridgehead atoms. The lowest BCUT2D eigenvalue weighted by atomic mass is 10.2. The number of sulfonamides is 1. The Balaban J connectivity index is 1.71. The zero-order chi connectivity index (χ0) is 20.0. The molecule has 3 aromatic rings. The van der Waals surface area contributed by atoms with Crippen LogP contribution in [0.4, 0.5) is 11.4 Å². The number of rotatable bonds is 8. The van der Waals surface area contributed by atoms with Crippen LogP contribution in [0.1, 0.15) is 5.56 Å². The maximum Gasteiger partial charge on any atom is 0.265 e. The zero-order valence-corrected chi connectivity index (χ0v) is 16.4. The molecule has 2 N–H and O–H groups in total. The summed E-state index contributed by atoms with van der Waals surface area (Å²) in [6, 6.07) is 15.4. The van der Waals surface area contributed by atoms with E-state index in [1.807, 2.05) is 24.3 Å². The van der Waals surface area contributed by atoms with E-state index in [0.717, 1.165) is 11.3 Å². The summed E-state index contributed by atoms with van der Waals surface area (Å²) in [6.45, 7) is 0.649. The fourth-order valence-corrected chi connectivity index (χ4v) is 3.78. The van der Waals surface area contributed by atoms with Gasteiger partial charge >= 0.3 is 0 Å². The Kier molecular flexibility index (Phi) is 6.00. The maximum absolute atomic E-state index is 12.7. The number of hydrogen-bond acceptors (Lipinski definition) is 6. The lowest BCUT2D eigenvalue weighted by Gasteiger charge is -2.13. The number of methoxy groups -OCH3 is 2. The first-order valence-electron chi connectivity index (χ1n) is 8.49. The topological polar surface area (TPSA) is 89.6 Å². The van der Waals surface area contributed by atoms with Crippen LogP contribution in [0.5, 0.6) is 11.5 Å². The van der Waals surface area contributed by atoms with Crippen molar-refractivity contribution in [1.82, 2.24) is 4.98 Å². The molecule has 0 unspecified atom stereocenters. The van der Waals surface area contributed by atoms with Gasteiger partial charge in [0.1, 0.15) is 16.4 Å². The molecule has 1 heterocycles. The van der Waals surface area contributed by atoms with Crippen LogP contribution in [0.2, 0.25) is 0 Å². The standard InChI is InChI=1S/C20H21N3O4S/c1-26-18-7-8-20(19(13-18)27-2)28(24,25)23-17-5-3-16(4-6-17)22-14-15-9-11-21-12-10-15/h3-13,22-23H,14H2,1-2H3. The predicted octanol–water partition coefficient (Wildman–Crippen LogP) is 3.51. The molecule has 0 radical (unpaired) electrons. The number of nitrogens with zero attached hydrogens (tertiary/aromatic N) is 1. The quantitative estimate of drug-likeness (QED) is 0.602. The number of benzene rings is 2. The second-order valence-corrected chi connectivity index (χ2v) is 7.56. The van der Waals surface area contributed by atoms with Crippen molar-refractivity contribution in [2.24, 2.45) is 0 Å². The lowest BCUT2D eigenvalue weighted by Crippen LogP contribution is -2.14. The fourth-order valence-electron chi connectivity index (χ4n) is 2.57. The highest BCUT2D eigenvalue weighted by Gasteiger charge is 2.20. The van der Waals surface area contributed by atoms with E-state index >= 15 is 0 Å². The van der Waals surface area contributed by atoms with Crippen molar-refractivity contribution in [3.05, 3.63) is 72.6 Å². The van der Waals surface area contributed by atoms with E-state index in [4.69, 9.17) is 9.47 Å². The van der Waals surface area contributed by atoms with Crippen molar-refractivity contribution in [2.45, 2.75) is 11.4 Å². The highest BCUT2D eigenvalue weighted by molar-refractivity contribution is 7.92. The summed E-state index contributed by atoms with van der Waals surface area (Å²) >= 11 is 0. The van der Waals surface area contributed by atoms with E-state index in [-0.39, 0.29) is 10.6 Å². The largest absolute Gasteiger partial charge is 0.497 e. The van der Waals surface area contributed by atoms with Crippen LogP contribution in [0.3, 0.4) is 0 Å². The van der Waals surface area contributed by atoms with E-state index in [0.29, 0.717) is 18.0 Å². The van der Waals surface area contributed by atoms with Gasteiger partial charge in [0.15, 0.2) is 0 Å². The van der Waals surface area contributed by atoms with Crippen LogP contribution in [-0.2, 0) is 16.6 Å². The van der Waals surface area contributed by atoms with Gasteiger partial charge in [-0.3, -0.25) is 9.71 Å². The van der Waals surface area contributed by atoms with Crippen LogP contribution in [-0.4, -0.2) is 27.6 Å². The molecule has 0 aliphatic rings. The van der Waals surface area contributed by atoms with Crippen LogP contribution >= 0.6 is 0 Å². The average molecular weight is 399 g/mol. The molecule has 0 aliphatic carbocycles. The number of ether oxygens (including phenoxy) is 2. The Hall–Kier alpha value is -3.26. The third kappa shape index (κ3) is 4.72. The maximum atomic E-state index is 12.7. The Morgan fingerprint density at radius 2 is 1.57 bits per heavy atom. The van der Waals surface area contributed by atoms with Gasteiger partial charge in [-0.05, 0) is 54.1 Å². The van der Waals surface area contributed by atoms with Crippen molar-refractivity contribution in [1.29, 1.82) is 0 Å². The molecular formula is C20H21N3O4S. The summed E-state index contributed by atoms with van der Waals surface area (Å²) < 4.78 is 38.3. The summed E-state index contributed by atoms with van der Waals surface area (Å²) in [4.78, 5) is 4.02. The Morgan fingerprint density at radius 3 is 2.21 bits per heavy atom. The molecule has 0 aliphatic heterocycles. The van der Waals surface area contributed by atoms with Crippen molar-refractivity contribution in [3.63, 3.8) is 0 Å². The van der Waals surface area contributed by atoms with Crippen LogP contribution in [0.25, 0.3) is 0 Å². The minimum Gasteiger partial charge on any atom is -0.497 e. The van der Waals surface area contributed by atoms with Crippen molar-refractivity contribution >= 4 is 21.4 Å². The molecule has 8 heteroatoms. The molecule has 0 amide bonds. The average Bonchev–Trinajstić information content (AvgIpc) is 2.73. The van der Waals surface area contributed by atoms with Gasteiger partial charge in [0, 0.05) is 36.4 Å². The molecule has 3 rings (SSSR count). The minimum atomic E-state index is -3.81. The Bertz CT molecular complexity index is 1020. The van der Waals surface area contributed by atoms with Gasteiger partial charge in [0.25, 0.3) is 10.0 Å². The second-order valence-electron chi connectivity index (χ2n) is 5.91. The summed E-state index contributed by atoms with van der Waals surface area (Å²) in [5.41, 5.74) is 2.43. The summed E-state index contributed by atoms with van der Waals surface area (Å²) in [5, 5.41) is 3.27. The van der Waals surface area contributed by atoms with Gasteiger partial charge in [-0.1, -0.05) is 0 Å². The summed E-state index contributed by atoms with van der Waals surface area (Å²) in [6.07, 6.45) is 3.48. The predicted molar refractivity (Wildman–Crippen MR) is 108 cm³/mol. The van der Waals surface area contributed by atoms with Gasteiger partial charge < -0.3 is 14.8 Å². The number of aromatic nitrogens is 1. The number of hydrogen-bond donors (Lipinski definition) is 2. The first-order chi connectivity index (χ1) is 13.5. The molecule has 0 saturated carbocycles.